The molecular weight excluding hydrogens is 282 g/mol. The second-order valence-electron chi connectivity index (χ2n) is 3.27. The monoisotopic (exact) mass is 289 g/mol. The highest BCUT2D eigenvalue weighted by atomic mass is 35.7. The molecule has 0 aliphatic heterocycles. The van der Waals surface area contributed by atoms with Crippen LogP contribution in [0.25, 0.3) is 0 Å². The molecule has 0 spiro atoms. The van der Waals surface area contributed by atoms with Crippen LogP contribution in [0.3, 0.4) is 0 Å². The Bertz CT molecular complexity index is 632. The zero-order valence-electron chi connectivity index (χ0n) is 9.21. The molecule has 0 fully saturated rings. The molecule has 1 rings (SSSR count). The molecule has 0 bridgehead atoms. The van der Waals surface area contributed by atoms with E-state index >= 15 is 0 Å². The number of benzene rings is 1. The molecule has 0 atom stereocenters. The molecule has 96 valence electrons. The van der Waals surface area contributed by atoms with Gasteiger partial charge in [0, 0.05) is 16.7 Å². The topological polar surface area (TPSA) is 86.5 Å². The fraction of sp³-hybridized carbons (Fsp3) is 0.200. The van der Waals surface area contributed by atoms with Crippen molar-refractivity contribution in [1.29, 1.82) is 0 Å². The second kappa shape index (κ2) is 5.25. The predicted octanol–water partition coefficient (Wildman–Crippen LogP) is 1.84. The average Bonchev–Trinajstić information content (AvgIpc) is 2.23. The first-order valence-corrected chi connectivity index (χ1v) is 6.88. The lowest BCUT2D eigenvalue weighted by Gasteiger charge is -2.07. The van der Waals surface area contributed by atoms with Gasteiger partial charge < -0.3 is 4.74 Å². The van der Waals surface area contributed by atoms with Crippen LogP contribution < -0.4 is 4.74 Å². The van der Waals surface area contributed by atoms with Crippen LogP contribution >= 0.6 is 10.7 Å². The normalized spacial score (nSPS) is 10.7. The Balaban J connectivity index is 3.45. The summed E-state index contributed by atoms with van der Waals surface area (Å²) in [5.74, 6) is 2.06. The van der Waals surface area contributed by atoms with Crippen LogP contribution in [0, 0.1) is 29.4 Å². The van der Waals surface area contributed by atoms with Crippen molar-refractivity contribution in [2.75, 3.05) is 6.61 Å². The highest BCUT2D eigenvalue weighted by Crippen LogP contribution is 2.33. The first-order chi connectivity index (χ1) is 8.27. The van der Waals surface area contributed by atoms with E-state index in [2.05, 4.69) is 5.92 Å². The van der Waals surface area contributed by atoms with E-state index < -0.39 is 19.7 Å². The Hall–Kier alpha value is -1.78. The van der Waals surface area contributed by atoms with Crippen molar-refractivity contribution in [3.8, 4) is 18.1 Å². The molecule has 8 heteroatoms. The number of terminal acetylenes is 1. The zero-order valence-corrected chi connectivity index (χ0v) is 10.8. The van der Waals surface area contributed by atoms with Crippen LogP contribution in [0.4, 0.5) is 5.69 Å². The summed E-state index contributed by atoms with van der Waals surface area (Å²) in [6.07, 6.45) is 4.98. The molecule has 0 radical (unpaired) electrons. The Morgan fingerprint density at radius 1 is 1.56 bits per heavy atom. The van der Waals surface area contributed by atoms with E-state index in [0.717, 1.165) is 6.07 Å². The van der Waals surface area contributed by atoms with E-state index in [1.54, 1.807) is 0 Å². The van der Waals surface area contributed by atoms with Gasteiger partial charge in [-0.05, 0) is 18.6 Å². The van der Waals surface area contributed by atoms with Gasteiger partial charge >= 0.3 is 5.69 Å². The third-order valence-electron chi connectivity index (χ3n) is 2.03. The molecule has 0 aliphatic rings. The highest BCUT2D eigenvalue weighted by Gasteiger charge is 2.23. The molecule has 0 unspecified atom stereocenters. The maximum atomic E-state index is 11.2. The SMILES string of the molecule is C#CCOc1cc(C)c(S(=O)(=O)Cl)cc1[N+](=O)[O-]. The van der Waals surface area contributed by atoms with Crippen molar-refractivity contribution < 1.29 is 18.1 Å². The molecule has 6 nitrogen and oxygen atoms in total. The van der Waals surface area contributed by atoms with E-state index in [9.17, 15) is 18.5 Å². The minimum atomic E-state index is -4.05. The van der Waals surface area contributed by atoms with Crippen molar-refractivity contribution in [3.63, 3.8) is 0 Å². The van der Waals surface area contributed by atoms with Gasteiger partial charge in [-0.1, -0.05) is 5.92 Å². The summed E-state index contributed by atoms with van der Waals surface area (Å²) in [5, 5.41) is 10.8. The standard InChI is InChI=1S/C10H8ClNO5S/c1-3-4-17-9-5-7(2)10(18(11,15)16)6-8(9)12(13)14/h1,5-6H,4H2,2H3. The van der Waals surface area contributed by atoms with Crippen LogP contribution in [-0.2, 0) is 9.05 Å². The van der Waals surface area contributed by atoms with Crippen LogP contribution in [0.5, 0.6) is 5.75 Å². The van der Waals surface area contributed by atoms with E-state index in [0.29, 0.717) is 0 Å². The van der Waals surface area contributed by atoms with Gasteiger partial charge in [-0.2, -0.15) is 0 Å². The number of nitro groups is 1. The predicted molar refractivity (Wildman–Crippen MR) is 65.2 cm³/mol. The van der Waals surface area contributed by atoms with Gasteiger partial charge in [-0.15, -0.1) is 6.42 Å². The molecule has 0 amide bonds. The lowest BCUT2D eigenvalue weighted by atomic mass is 10.2. The number of hydrogen-bond acceptors (Lipinski definition) is 5. The molecule has 18 heavy (non-hydrogen) atoms. The van der Waals surface area contributed by atoms with Crippen molar-refractivity contribution >= 4 is 25.4 Å². The molecule has 1 aromatic rings. The van der Waals surface area contributed by atoms with Crippen LogP contribution in [0.2, 0.25) is 0 Å². The minimum Gasteiger partial charge on any atom is -0.474 e. The molecule has 0 aliphatic carbocycles. The summed E-state index contributed by atoms with van der Waals surface area (Å²) >= 11 is 0. The van der Waals surface area contributed by atoms with Gasteiger partial charge in [-0.25, -0.2) is 8.42 Å². The number of rotatable bonds is 4. The third-order valence-corrected chi connectivity index (χ3v) is 3.49. The van der Waals surface area contributed by atoms with Crippen molar-refractivity contribution in [1.82, 2.24) is 0 Å². The highest BCUT2D eigenvalue weighted by molar-refractivity contribution is 8.13. The van der Waals surface area contributed by atoms with Gasteiger partial charge in [0.15, 0.2) is 5.75 Å². The largest absolute Gasteiger partial charge is 0.474 e. The van der Waals surface area contributed by atoms with Crippen LogP contribution in [0.15, 0.2) is 17.0 Å². The summed E-state index contributed by atoms with van der Waals surface area (Å²) in [6, 6.07) is 2.06. The smallest absolute Gasteiger partial charge is 0.312 e. The van der Waals surface area contributed by atoms with Gasteiger partial charge in [-0.3, -0.25) is 10.1 Å². The fourth-order valence-corrected chi connectivity index (χ4v) is 2.49. The zero-order chi connectivity index (χ0) is 13.9. The van der Waals surface area contributed by atoms with E-state index in [1.807, 2.05) is 0 Å². The van der Waals surface area contributed by atoms with Crippen molar-refractivity contribution in [3.05, 3.63) is 27.8 Å². The molecule has 0 heterocycles. The Morgan fingerprint density at radius 3 is 2.61 bits per heavy atom. The van der Waals surface area contributed by atoms with Crippen molar-refractivity contribution in [2.24, 2.45) is 0 Å². The maximum absolute atomic E-state index is 11.2. The minimum absolute atomic E-state index is 0.0977. The lowest BCUT2D eigenvalue weighted by Crippen LogP contribution is -2.02. The first kappa shape index (κ1) is 14.3. The molecule has 0 aromatic heterocycles. The molecule has 0 N–H and O–H groups in total. The van der Waals surface area contributed by atoms with E-state index in [4.69, 9.17) is 21.8 Å². The fourth-order valence-electron chi connectivity index (χ4n) is 1.29. The second-order valence-corrected chi connectivity index (χ2v) is 5.81. The Kier molecular flexibility index (Phi) is 4.16. The average molecular weight is 290 g/mol. The summed E-state index contributed by atoms with van der Waals surface area (Å²) in [4.78, 5) is 9.71. The first-order valence-electron chi connectivity index (χ1n) is 4.57. The number of halogens is 1. The van der Waals surface area contributed by atoms with Gasteiger partial charge in [0.25, 0.3) is 9.05 Å². The summed E-state index contributed by atoms with van der Waals surface area (Å²) in [7, 11) is 1.12. The molecule has 0 saturated carbocycles. The molecule has 1 aromatic carbocycles. The number of aryl methyl sites for hydroxylation is 1. The molecule has 0 saturated heterocycles. The van der Waals surface area contributed by atoms with E-state index in [-0.39, 0.29) is 22.8 Å². The summed E-state index contributed by atoms with van der Waals surface area (Å²) < 4.78 is 27.4. The number of nitrogens with zero attached hydrogens (tertiary/aromatic N) is 1. The maximum Gasteiger partial charge on any atom is 0.312 e. The third kappa shape index (κ3) is 3.12. The van der Waals surface area contributed by atoms with Gasteiger partial charge in [0.1, 0.15) is 6.61 Å². The number of nitro benzene ring substituents is 1. The van der Waals surface area contributed by atoms with Crippen molar-refractivity contribution in [2.45, 2.75) is 11.8 Å². The van der Waals surface area contributed by atoms with Crippen LogP contribution in [0.1, 0.15) is 5.56 Å². The molecular formula is C10H8ClNO5S. The summed E-state index contributed by atoms with van der Waals surface area (Å²) in [6.45, 7) is 1.29. The van der Waals surface area contributed by atoms with Gasteiger partial charge in [0.2, 0.25) is 0 Å². The number of ether oxygens (including phenoxy) is 1. The van der Waals surface area contributed by atoms with Gasteiger partial charge in [0.05, 0.1) is 9.82 Å². The van der Waals surface area contributed by atoms with Crippen LogP contribution in [-0.4, -0.2) is 19.9 Å². The lowest BCUT2D eigenvalue weighted by molar-refractivity contribution is -0.386. The summed E-state index contributed by atoms with van der Waals surface area (Å²) in [5.41, 5.74) is -0.266. The Labute approximate surface area is 108 Å². The number of hydrogen-bond donors (Lipinski definition) is 0. The van der Waals surface area contributed by atoms with E-state index in [1.165, 1.54) is 13.0 Å². The Morgan fingerprint density at radius 2 is 2.17 bits per heavy atom. The quantitative estimate of drug-likeness (QED) is 0.365.